The second-order valence-corrected chi connectivity index (χ2v) is 9.65. The third-order valence-corrected chi connectivity index (χ3v) is 5.31. The number of rotatable bonds is 8. The standard InChI is InChI=1S/C28H31N5O4/c1-6-36-21-10-11-23-22(14-21)26(30-19-12-17(2)27(35)29-15-19)32-25(31-23)18-8-7-9-20(13-18)37-16-24(34)33-28(3,4)5/h7-15H,6,16H2,1-5H3,(H,29,35)(H,33,34)(H,30,31,32). The smallest absolute Gasteiger partial charge is 0.258 e. The third kappa shape index (κ3) is 6.63. The lowest BCUT2D eigenvalue weighted by molar-refractivity contribution is -0.124. The van der Waals surface area contributed by atoms with Crippen LogP contribution in [-0.4, -0.2) is 39.6 Å². The van der Waals surface area contributed by atoms with Crippen LogP contribution in [0.5, 0.6) is 11.5 Å². The van der Waals surface area contributed by atoms with E-state index in [4.69, 9.17) is 19.4 Å². The van der Waals surface area contributed by atoms with Crippen LogP contribution >= 0.6 is 0 Å². The van der Waals surface area contributed by atoms with Gasteiger partial charge in [-0.3, -0.25) is 9.59 Å². The molecule has 0 radical (unpaired) electrons. The molecule has 0 aliphatic rings. The van der Waals surface area contributed by atoms with Crippen LogP contribution in [0.25, 0.3) is 22.3 Å². The summed E-state index contributed by atoms with van der Waals surface area (Å²) in [5.74, 6) is 2.07. The summed E-state index contributed by atoms with van der Waals surface area (Å²) in [4.78, 5) is 36.3. The van der Waals surface area contributed by atoms with Gasteiger partial charge in [0.15, 0.2) is 12.4 Å². The molecule has 0 saturated carbocycles. The summed E-state index contributed by atoms with van der Waals surface area (Å²) in [5.41, 5.74) is 2.23. The molecule has 9 heteroatoms. The molecule has 0 fully saturated rings. The maximum atomic E-state index is 12.2. The van der Waals surface area contributed by atoms with Gasteiger partial charge in [-0.05, 0) is 71.0 Å². The van der Waals surface area contributed by atoms with Gasteiger partial charge in [0, 0.05) is 28.2 Å². The van der Waals surface area contributed by atoms with Crippen molar-refractivity contribution in [2.45, 2.75) is 40.2 Å². The number of nitrogens with zero attached hydrogens (tertiary/aromatic N) is 2. The number of ether oxygens (including phenoxy) is 2. The summed E-state index contributed by atoms with van der Waals surface area (Å²) in [5, 5.41) is 6.96. The topological polar surface area (TPSA) is 118 Å². The highest BCUT2D eigenvalue weighted by Crippen LogP contribution is 2.31. The Kier molecular flexibility index (Phi) is 7.42. The minimum atomic E-state index is -0.336. The van der Waals surface area contributed by atoms with Gasteiger partial charge in [-0.15, -0.1) is 0 Å². The van der Waals surface area contributed by atoms with Gasteiger partial charge < -0.3 is 25.1 Å². The number of aromatic nitrogens is 3. The highest BCUT2D eigenvalue weighted by atomic mass is 16.5. The number of aryl methyl sites for hydroxylation is 1. The maximum Gasteiger partial charge on any atom is 0.258 e. The molecule has 4 aromatic rings. The maximum absolute atomic E-state index is 12.2. The highest BCUT2D eigenvalue weighted by Gasteiger charge is 2.15. The molecule has 9 nitrogen and oxygen atoms in total. The van der Waals surface area contributed by atoms with Gasteiger partial charge in [0.2, 0.25) is 0 Å². The number of anilines is 2. The zero-order chi connectivity index (χ0) is 26.6. The van der Waals surface area contributed by atoms with Gasteiger partial charge in [-0.25, -0.2) is 9.97 Å². The molecule has 192 valence electrons. The molecule has 0 aliphatic heterocycles. The highest BCUT2D eigenvalue weighted by molar-refractivity contribution is 5.93. The Bertz CT molecular complexity index is 1490. The van der Waals surface area contributed by atoms with Crippen molar-refractivity contribution in [3.8, 4) is 22.9 Å². The second kappa shape index (κ2) is 10.7. The lowest BCUT2D eigenvalue weighted by Crippen LogP contribution is -2.43. The van der Waals surface area contributed by atoms with Crippen molar-refractivity contribution < 1.29 is 14.3 Å². The van der Waals surface area contributed by atoms with Gasteiger partial charge in [0.1, 0.15) is 17.3 Å². The Morgan fingerprint density at radius 1 is 1.03 bits per heavy atom. The second-order valence-electron chi connectivity index (χ2n) is 9.65. The van der Waals surface area contributed by atoms with Crippen LogP contribution in [0.3, 0.4) is 0 Å². The van der Waals surface area contributed by atoms with Crippen molar-refractivity contribution in [1.29, 1.82) is 0 Å². The fourth-order valence-corrected chi connectivity index (χ4v) is 3.72. The Labute approximate surface area is 215 Å². The number of pyridine rings is 1. The monoisotopic (exact) mass is 501 g/mol. The molecule has 2 aromatic carbocycles. The van der Waals surface area contributed by atoms with E-state index in [2.05, 4.69) is 15.6 Å². The summed E-state index contributed by atoms with van der Waals surface area (Å²) in [6, 6.07) is 14.7. The van der Waals surface area contributed by atoms with Gasteiger partial charge in [0.05, 0.1) is 17.8 Å². The van der Waals surface area contributed by atoms with Crippen molar-refractivity contribution in [2.24, 2.45) is 0 Å². The predicted molar refractivity (Wildman–Crippen MR) is 145 cm³/mol. The summed E-state index contributed by atoms with van der Waals surface area (Å²) >= 11 is 0. The van der Waals surface area contributed by atoms with E-state index >= 15 is 0 Å². The largest absolute Gasteiger partial charge is 0.494 e. The molecule has 0 atom stereocenters. The van der Waals surface area contributed by atoms with Gasteiger partial charge >= 0.3 is 0 Å². The average Bonchev–Trinajstić information content (AvgIpc) is 2.84. The summed E-state index contributed by atoms with van der Waals surface area (Å²) < 4.78 is 11.4. The van der Waals surface area contributed by atoms with E-state index in [0.717, 1.165) is 10.9 Å². The first-order valence-electron chi connectivity index (χ1n) is 12.1. The number of nitrogens with one attached hydrogen (secondary N) is 3. The zero-order valence-electron chi connectivity index (χ0n) is 21.6. The van der Waals surface area contributed by atoms with Crippen molar-refractivity contribution in [2.75, 3.05) is 18.5 Å². The SMILES string of the molecule is CCOc1ccc2nc(-c3cccc(OCC(=O)NC(C)(C)C)c3)nc(Nc3c[nH]c(=O)c(C)c3)c2c1. The summed E-state index contributed by atoms with van der Waals surface area (Å²) in [7, 11) is 0. The lowest BCUT2D eigenvalue weighted by atomic mass is 10.1. The van der Waals surface area contributed by atoms with E-state index in [9.17, 15) is 9.59 Å². The van der Waals surface area contributed by atoms with Gasteiger partial charge in [-0.2, -0.15) is 0 Å². The number of hydrogen-bond acceptors (Lipinski definition) is 7. The van der Waals surface area contributed by atoms with E-state index in [-0.39, 0.29) is 23.6 Å². The molecule has 0 unspecified atom stereocenters. The Balaban J connectivity index is 1.69. The zero-order valence-corrected chi connectivity index (χ0v) is 21.6. The quantitative estimate of drug-likeness (QED) is 0.319. The molecule has 2 heterocycles. The van der Waals surface area contributed by atoms with E-state index in [1.54, 1.807) is 31.3 Å². The molecule has 3 N–H and O–H groups in total. The van der Waals surface area contributed by atoms with E-state index in [1.165, 1.54) is 0 Å². The van der Waals surface area contributed by atoms with Gasteiger partial charge in [0.25, 0.3) is 11.5 Å². The molecule has 0 spiro atoms. The number of aromatic amines is 1. The molecule has 0 saturated heterocycles. The van der Waals surface area contributed by atoms with Crippen LogP contribution in [0.1, 0.15) is 33.3 Å². The van der Waals surface area contributed by atoms with Gasteiger partial charge in [-0.1, -0.05) is 12.1 Å². The van der Waals surface area contributed by atoms with Crippen LogP contribution in [0.15, 0.2) is 59.5 Å². The van der Waals surface area contributed by atoms with Crippen LogP contribution in [0, 0.1) is 6.92 Å². The number of carbonyl (C=O) groups is 1. The molecule has 37 heavy (non-hydrogen) atoms. The van der Waals surface area contributed by atoms with Crippen molar-refractivity contribution in [3.05, 3.63) is 70.6 Å². The molecule has 4 rings (SSSR count). The van der Waals surface area contributed by atoms with Crippen LogP contribution in [0.4, 0.5) is 11.5 Å². The molecular weight excluding hydrogens is 470 g/mol. The molecular formula is C28H31N5O4. The minimum absolute atomic E-state index is 0.0993. The van der Waals surface area contributed by atoms with Crippen molar-refractivity contribution >= 4 is 28.3 Å². The third-order valence-electron chi connectivity index (χ3n) is 5.31. The lowest BCUT2D eigenvalue weighted by Gasteiger charge is -2.20. The number of carbonyl (C=O) groups excluding carboxylic acids is 1. The Morgan fingerprint density at radius 2 is 1.81 bits per heavy atom. The molecule has 0 aliphatic carbocycles. The van der Waals surface area contributed by atoms with Crippen molar-refractivity contribution in [3.63, 3.8) is 0 Å². The predicted octanol–water partition coefficient (Wildman–Crippen LogP) is 4.73. The molecule has 1 amide bonds. The van der Waals surface area contributed by atoms with E-state index in [0.29, 0.717) is 46.5 Å². The fraction of sp³-hybridized carbons (Fsp3) is 0.286. The first-order valence-corrected chi connectivity index (χ1v) is 12.1. The number of fused-ring (bicyclic) bond motifs is 1. The first-order chi connectivity index (χ1) is 17.6. The summed E-state index contributed by atoms with van der Waals surface area (Å²) in [6.45, 7) is 9.85. The van der Waals surface area contributed by atoms with Crippen LogP contribution in [-0.2, 0) is 4.79 Å². The van der Waals surface area contributed by atoms with E-state index in [1.807, 2.05) is 58.0 Å². The Morgan fingerprint density at radius 3 is 2.54 bits per heavy atom. The van der Waals surface area contributed by atoms with Crippen LogP contribution < -0.4 is 25.7 Å². The fourth-order valence-electron chi connectivity index (χ4n) is 3.72. The number of benzene rings is 2. The minimum Gasteiger partial charge on any atom is -0.494 e. The first kappa shape index (κ1) is 25.7. The van der Waals surface area contributed by atoms with Crippen LogP contribution in [0.2, 0.25) is 0 Å². The number of amides is 1. The molecule has 0 bridgehead atoms. The van der Waals surface area contributed by atoms with Crippen molar-refractivity contribution in [1.82, 2.24) is 20.3 Å². The average molecular weight is 502 g/mol. The number of hydrogen-bond donors (Lipinski definition) is 3. The summed E-state index contributed by atoms with van der Waals surface area (Å²) in [6.07, 6.45) is 1.60. The normalized spacial score (nSPS) is 11.3. The molecule has 2 aromatic heterocycles. The van der Waals surface area contributed by atoms with E-state index < -0.39 is 0 Å². The number of H-pyrrole nitrogens is 1. The Hall–Kier alpha value is -4.40.